The number of alkyl halides is 1. The molecule has 1 unspecified atom stereocenters. The minimum absolute atomic E-state index is 0.0536. The maximum atomic E-state index is 15.0. The van der Waals surface area contributed by atoms with Crippen LogP contribution in [0.15, 0.2) is 25.2 Å². The van der Waals surface area contributed by atoms with Crippen molar-refractivity contribution in [3.8, 4) is 0 Å². The molecule has 2 N–H and O–H groups in total. The van der Waals surface area contributed by atoms with Crippen molar-refractivity contribution in [2.45, 2.75) is 64.2 Å². The number of H-pyrrole nitrogens is 1. The van der Waals surface area contributed by atoms with Gasteiger partial charge >= 0.3 is 0 Å². The van der Waals surface area contributed by atoms with Gasteiger partial charge in [0, 0.05) is 36.2 Å². The van der Waals surface area contributed by atoms with Crippen LogP contribution < -0.4 is 5.32 Å². The van der Waals surface area contributed by atoms with E-state index in [4.69, 9.17) is 0 Å². The van der Waals surface area contributed by atoms with E-state index in [1.54, 1.807) is 6.92 Å². The number of carbonyl (C=O) groups excluding carboxylic acids is 1. The molecule has 6 nitrogen and oxygen atoms in total. The Morgan fingerprint density at radius 2 is 2.11 bits per heavy atom. The van der Waals surface area contributed by atoms with E-state index in [0.29, 0.717) is 18.0 Å². The monoisotopic (exact) mass is 385 g/mol. The molecule has 2 aromatic rings. The Morgan fingerprint density at radius 1 is 1.39 bits per heavy atom. The van der Waals surface area contributed by atoms with Crippen LogP contribution >= 0.6 is 0 Å². The van der Waals surface area contributed by atoms with E-state index in [-0.39, 0.29) is 23.9 Å². The fourth-order valence-electron chi connectivity index (χ4n) is 4.77. The number of anilines is 1. The number of aromatic nitrogens is 3. The van der Waals surface area contributed by atoms with Crippen molar-refractivity contribution in [1.82, 2.24) is 19.9 Å². The molecule has 1 saturated heterocycles. The van der Waals surface area contributed by atoms with Crippen molar-refractivity contribution in [3.05, 3.63) is 30.7 Å². The number of amides is 1. The van der Waals surface area contributed by atoms with Gasteiger partial charge in [-0.25, -0.2) is 14.4 Å². The summed E-state index contributed by atoms with van der Waals surface area (Å²) in [7, 11) is 0. The lowest BCUT2D eigenvalue weighted by Gasteiger charge is -2.38. The van der Waals surface area contributed by atoms with E-state index in [1.807, 2.05) is 24.9 Å². The molecule has 150 valence electrons. The maximum absolute atomic E-state index is 15.0. The number of piperidine rings is 1. The Bertz CT molecular complexity index is 920. The van der Waals surface area contributed by atoms with E-state index in [0.717, 1.165) is 23.8 Å². The van der Waals surface area contributed by atoms with Gasteiger partial charge in [0.05, 0.1) is 5.39 Å². The second-order valence-electron chi connectivity index (χ2n) is 8.88. The van der Waals surface area contributed by atoms with Crippen LogP contribution in [0, 0.1) is 5.41 Å². The zero-order valence-corrected chi connectivity index (χ0v) is 16.9. The number of hydrogen-bond donors (Lipinski definition) is 2. The van der Waals surface area contributed by atoms with Crippen molar-refractivity contribution in [3.63, 3.8) is 0 Å². The minimum atomic E-state index is -1.26. The molecule has 0 spiro atoms. The number of hydrogen-bond acceptors (Lipinski definition) is 4. The SMILES string of the molecule is C=CC(=O)N1C[C@H](Nc2ncnc3[nH]cc([C@@H]4C(C)(C)C4(C)F)c23)CC[C@@H]1C. The van der Waals surface area contributed by atoms with Crippen LogP contribution in [-0.4, -0.2) is 50.1 Å². The van der Waals surface area contributed by atoms with Crippen LogP contribution in [0.5, 0.6) is 0 Å². The summed E-state index contributed by atoms with van der Waals surface area (Å²) in [5.41, 5.74) is -0.0729. The molecule has 2 fully saturated rings. The molecule has 0 bridgehead atoms. The third-order valence-electron chi connectivity index (χ3n) is 6.93. The van der Waals surface area contributed by atoms with E-state index < -0.39 is 11.1 Å². The van der Waals surface area contributed by atoms with Crippen molar-refractivity contribution < 1.29 is 9.18 Å². The number of rotatable bonds is 4. The Labute approximate surface area is 164 Å². The van der Waals surface area contributed by atoms with Crippen LogP contribution in [-0.2, 0) is 4.79 Å². The molecule has 4 atom stereocenters. The summed E-state index contributed by atoms with van der Waals surface area (Å²) in [5, 5.41) is 4.34. The molecule has 28 heavy (non-hydrogen) atoms. The highest BCUT2D eigenvalue weighted by Gasteiger charge is 2.70. The molecule has 1 aliphatic heterocycles. The average Bonchev–Trinajstić information content (AvgIpc) is 2.95. The molecule has 7 heteroatoms. The lowest BCUT2D eigenvalue weighted by Crippen LogP contribution is -2.49. The standard InChI is InChI=1S/C21H28FN5O/c1-6-15(28)27-10-13(8-7-12(27)2)26-19-16-14(9-23-18(16)24-11-25-19)17-20(3,4)21(17,5)22/h6,9,11-13,17H,1,7-8,10H2,2-5H3,(H2,23,24,25,26)/t12-,13+,17+,21?/m0/s1. The highest BCUT2D eigenvalue weighted by molar-refractivity contribution is 5.92. The third kappa shape index (κ3) is 2.71. The fraction of sp³-hybridized carbons (Fsp3) is 0.571. The van der Waals surface area contributed by atoms with Gasteiger partial charge < -0.3 is 15.2 Å². The zero-order valence-electron chi connectivity index (χ0n) is 16.9. The molecule has 0 aromatic carbocycles. The highest BCUT2D eigenvalue weighted by atomic mass is 19.1. The second-order valence-corrected chi connectivity index (χ2v) is 8.88. The van der Waals surface area contributed by atoms with Gasteiger partial charge in [0.2, 0.25) is 5.91 Å². The predicted molar refractivity (Wildman–Crippen MR) is 108 cm³/mol. The van der Waals surface area contributed by atoms with Gasteiger partial charge in [0.15, 0.2) is 0 Å². The largest absolute Gasteiger partial charge is 0.365 e. The topological polar surface area (TPSA) is 73.9 Å². The quantitative estimate of drug-likeness (QED) is 0.786. The van der Waals surface area contributed by atoms with Crippen LogP contribution in [0.1, 0.15) is 52.0 Å². The maximum Gasteiger partial charge on any atom is 0.246 e. The summed E-state index contributed by atoms with van der Waals surface area (Å²) in [6.45, 7) is 11.8. The number of nitrogens with one attached hydrogen (secondary N) is 2. The molecule has 2 aromatic heterocycles. The second kappa shape index (κ2) is 6.29. The summed E-state index contributed by atoms with van der Waals surface area (Å²) >= 11 is 0. The number of nitrogens with zero attached hydrogens (tertiary/aromatic N) is 3. The number of fused-ring (bicyclic) bond motifs is 1. The molecule has 1 saturated carbocycles. The van der Waals surface area contributed by atoms with Gasteiger partial charge in [-0.15, -0.1) is 0 Å². The van der Waals surface area contributed by atoms with E-state index in [2.05, 4.69) is 33.8 Å². The molecule has 1 amide bonds. The lowest BCUT2D eigenvalue weighted by atomic mass is 9.98. The average molecular weight is 385 g/mol. The fourth-order valence-corrected chi connectivity index (χ4v) is 4.77. The summed E-state index contributed by atoms with van der Waals surface area (Å²) in [6.07, 6.45) is 6.57. The van der Waals surface area contributed by atoms with Gasteiger partial charge in [-0.05, 0) is 38.3 Å². The van der Waals surface area contributed by atoms with Crippen molar-refractivity contribution >= 4 is 22.8 Å². The van der Waals surface area contributed by atoms with Crippen molar-refractivity contribution in [2.75, 3.05) is 11.9 Å². The first-order valence-electron chi connectivity index (χ1n) is 9.89. The molecule has 0 radical (unpaired) electrons. The minimum Gasteiger partial charge on any atom is -0.365 e. The van der Waals surface area contributed by atoms with E-state index in [1.165, 1.54) is 12.4 Å². The van der Waals surface area contributed by atoms with Crippen LogP contribution in [0.25, 0.3) is 11.0 Å². The Kier molecular flexibility index (Phi) is 4.25. The van der Waals surface area contributed by atoms with Gasteiger partial charge in [-0.3, -0.25) is 4.79 Å². The van der Waals surface area contributed by atoms with Gasteiger partial charge in [-0.1, -0.05) is 20.4 Å². The normalized spacial score (nSPS) is 31.6. The van der Waals surface area contributed by atoms with Crippen molar-refractivity contribution in [2.24, 2.45) is 5.41 Å². The number of carbonyl (C=O) groups is 1. The van der Waals surface area contributed by atoms with Crippen LogP contribution in [0.4, 0.5) is 10.2 Å². The molecule has 2 aliphatic rings. The molecule has 4 rings (SSSR count). The summed E-state index contributed by atoms with van der Waals surface area (Å²) in [4.78, 5) is 25.9. The summed E-state index contributed by atoms with van der Waals surface area (Å²) in [5.74, 6) is 0.443. The Hall–Kier alpha value is -2.44. The predicted octanol–water partition coefficient (Wildman–Crippen LogP) is 3.79. The Morgan fingerprint density at radius 3 is 2.75 bits per heavy atom. The van der Waals surface area contributed by atoms with E-state index >= 15 is 4.39 Å². The first-order chi connectivity index (χ1) is 13.2. The van der Waals surface area contributed by atoms with Gasteiger partial charge in [0.1, 0.15) is 23.5 Å². The Balaban J connectivity index is 1.64. The summed E-state index contributed by atoms with van der Waals surface area (Å²) in [6, 6.07) is 0.265. The molecule has 3 heterocycles. The first kappa shape index (κ1) is 18.9. The number of halogens is 1. The molecular formula is C21H28FN5O. The molecular weight excluding hydrogens is 357 g/mol. The van der Waals surface area contributed by atoms with E-state index in [9.17, 15) is 4.79 Å². The first-order valence-corrected chi connectivity index (χ1v) is 9.89. The highest BCUT2D eigenvalue weighted by Crippen LogP contribution is 2.70. The van der Waals surface area contributed by atoms with Gasteiger partial charge in [0.25, 0.3) is 0 Å². The third-order valence-corrected chi connectivity index (χ3v) is 6.93. The molecule has 1 aliphatic carbocycles. The number of likely N-dealkylation sites (tertiary alicyclic amines) is 1. The lowest BCUT2D eigenvalue weighted by molar-refractivity contribution is -0.129. The van der Waals surface area contributed by atoms with Gasteiger partial charge in [-0.2, -0.15) is 0 Å². The summed E-state index contributed by atoms with van der Waals surface area (Å²) < 4.78 is 15.0. The van der Waals surface area contributed by atoms with Crippen LogP contribution in [0.3, 0.4) is 0 Å². The van der Waals surface area contributed by atoms with Crippen LogP contribution in [0.2, 0.25) is 0 Å². The zero-order chi connectivity index (χ0) is 20.3. The smallest absolute Gasteiger partial charge is 0.246 e. The van der Waals surface area contributed by atoms with Crippen molar-refractivity contribution in [1.29, 1.82) is 0 Å². The number of aromatic amines is 1.